The predicted molar refractivity (Wildman–Crippen MR) is 68.4 cm³/mol. The normalized spacial score (nSPS) is 46.0. The molecular formula is C14H26O4. The van der Waals surface area contributed by atoms with Crippen LogP contribution < -0.4 is 0 Å². The molecule has 0 aromatic rings. The van der Waals surface area contributed by atoms with Crippen molar-refractivity contribution in [3.05, 3.63) is 0 Å². The number of ether oxygens (including phenoxy) is 4. The fraction of sp³-hybridized carbons (Fsp3) is 1.00. The van der Waals surface area contributed by atoms with Crippen molar-refractivity contribution in [2.45, 2.75) is 70.7 Å². The number of methoxy groups -OCH3 is 1. The van der Waals surface area contributed by atoms with Gasteiger partial charge in [0, 0.05) is 20.1 Å². The Bertz CT molecular complexity index is 248. The van der Waals surface area contributed by atoms with E-state index >= 15 is 0 Å². The second-order valence-electron chi connectivity index (χ2n) is 5.69. The van der Waals surface area contributed by atoms with E-state index in [0.29, 0.717) is 5.92 Å². The third-order valence-electron chi connectivity index (χ3n) is 3.94. The Kier molecular flexibility index (Phi) is 5.01. The molecule has 106 valence electrons. The average Bonchev–Trinajstić information content (AvgIpc) is 2.30. The Morgan fingerprint density at radius 3 is 2.56 bits per heavy atom. The van der Waals surface area contributed by atoms with Crippen LogP contribution in [0.2, 0.25) is 0 Å². The highest BCUT2D eigenvalue weighted by Crippen LogP contribution is 2.29. The lowest BCUT2D eigenvalue weighted by Gasteiger charge is -2.40. The molecule has 6 atom stereocenters. The first-order valence-electron chi connectivity index (χ1n) is 7.05. The van der Waals surface area contributed by atoms with E-state index in [0.717, 1.165) is 25.9 Å². The molecule has 2 fully saturated rings. The lowest BCUT2D eigenvalue weighted by atomic mass is 9.97. The third kappa shape index (κ3) is 3.44. The molecule has 2 aliphatic rings. The molecule has 0 N–H and O–H groups in total. The zero-order chi connectivity index (χ0) is 13.1. The van der Waals surface area contributed by atoms with E-state index < -0.39 is 0 Å². The maximum absolute atomic E-state index is 6.12. The maximum Gasteiger partial charge on any atom is 0.158 e. The molecule has 0 amide bonds. The van der Waals surface area contributed by atoms with Crippen molar-refractivity contribution >= 4 is 0 Å². The van der Waals surface area contributed by atoms with E-state index in [1.54, 1.807) is 7.11 Å². The molecule has 2 heterocycles. The molecule has 0 aliphatic carbocycles. The topological polar surface area (TPSA) is 36.9 Å². The minimum absolute atomic E-state index is 0.0220. The summed E-state index contributed by atoms with van der Waals surface area (Å²) >= 11 is 0. The van der Waals surface area contributed by atoms with Gasteiger partial charge >= 0.3 is 0 Å². The van der Waals surface area contributed by atoms with E-state index in [1.807, 2.05) is 6.92 Å². The van der Waals surface area contributed by atoms with Crippen molar-refractivity contribution in [3.8, 4) is 0 Å². The molecule has 0 radical (unpaired) electrons. The molecule has 4 nitrogen and oxygen atoms in total. The van der Waals surface area contributed by atoms with Crippen molar-refractivity contribution < 1.29 is 18.9 Å². The molecule has 18 heavy (non-hydrogen) atoms. The zero-order valence-corrected chi connectivity index (χ0v) is 11.9. The minimum atomic E-state index is -0.115. The van der Waals surface area contributed by atoms with Gasteiger partial charge in [-0.3, -0.25) is 0 Å². The number of hydrogen-bond acceptors (Lipinski definition) is 4. The first-order chi connectivity index (χ1) is 8.60. The quantitative estimate of drug-likeness (QED) is 0.778. The Hall–Kier alpha value is -0.160. The van der Waals surface area contributed by atoms with Gasteiger partial charge in [0.15, 0.2) is 6.29 Å². The summed E-state index contributed by atoms with van der Waals surface area (Å²) in [6.07, 6.45) is 3.29. The standard InChI is InChI=1S/C14H26O4/c1-9-7-10(2)17-13(8-9)18-14-11(3)16-6-5-12(14)15-4/h9-14H,5-8H2,1-4H3. The molecule has 0 saturated carbocycles. The monoisotopic (exact) mass is 258 g/mol. The maximum atomic E-state index is 6.12. The molecule has 2 rings (SSSR count). The predicted octanol–water partition coefficient (Wildman–Crippen LogP) is 2.36. The second kappa shape index (κ2) is 6.33. The first-order valence-corrected chi connectivity index (χ1v) is 7.05. The summed E-state index contributed by atoms with van der Waals surface area (Å²) in [5, 5.41) is 0. The van der Waals surface area contributed by atoms with Crippen LogP contribution in [0.25, 0.3) is 0 Å². The highest BCUT2D eigenvalue weighted by atomic mass is 16.7. The van der Waals surface area contributed by atoms with Gasteiger partial charge in [0.25, 0.3) is 0 Å². The zero-order valence-electron chi connectivity index (χ0n) is 11.9. The smallest absolute Gasteiger partial charge is 0.158 e. The van der Waals surface area contributed by atoms with E-state index in [1.165, 1.54) is 0 Å². The van der Waals surface area contributed by atoms with Crippen LogP contribution in [-0.4, -0.2) is 44.4 Å². The molecule has 0 aromatic heterocycles. The van der Waals surface area contributed by atoms with Crippen LogP contribution in [0.3, 0.4) is 0 Å². The Morgan fingerprint density at radius 2 is 1.89 bits per heavy atom. The summed E-state index contributed by atoms with van der Waals surface area (Å²) in [7, 11) is 1.74. The summed E-state index contributed by atoms with van der Waals surface area (Å²) in [4.78, 5) is 0. The molecule has 4 heteroatoms. The number of hydrogen-bond donors (Lipinski definition) is 0. The molecule has 2 saturated heterocycles. The van der Waals surface area contributed by atoms with Crippen molar-refractivity contribution in [1.29, 1.82) is 0 Å². The van der Waals surface area contributed by atoms with Crippen molar-refractivity contribution in [2.24, 2.45) is 5.92 Å². The van der Waals surface area contributed by atoms with Crippen LogP contribution in [0.5, 0.6) is 0 Å². The van der Waals surface area contributed by atoms with Crippen LogP contribution in [0, 0.1) is 5.92 Å². The Balaban J connectivity index is 1.93. The largest absolute Gasteiger partial charge is 0.379 e. The Labute approximate surface area is 110 Å². The van der Waals surface area contributed by atoms with Gasteiger partial charge in [0.1, 0.15) is 6.10 Å². The van der Waals surface area contributed by atoms with E-state index in [2.05, 4.69) is 13.8 Å². The first kappa shape index (κ1) is 14.3. The lowest BCUT2D eigenvalue weighted by molar-refractivity contribution is -0.266. The average molecular weight is 258 g/mol. The van der Waals surface area contributed by atoms with Gasteiger partial charge in [-0.15, -0.1) is 0 Å². The molecule has 0 spiro atoms. The molecule has 2 aliphatic heterocycles. The van der Waals surface area contributed by atoms with Crippen LogP contribution in [0.1, 0.15) is 40.0 Å². The highest BCUT2D eigenvalue weighted by Gasteiger charge is 2.36. The van der Waals surface area contributed by atoms with Crippen LogP contribution in [0.4, 0.5) is 0 Å². The van der Waals surface area contributed by atoms with Crippen molar-refractivity contribution in [2.75, 3.05) is 13.7 Å². The van der Waals surface area contributed by atoms with Gasteiger partial charge in [-0.2, -0.15) is 0 Å². The SMILES string of the molecule is COC1CCOC(C)C1OC1CC(C)CC(C)O1. The summed E-state index contributed by atoms with van der Waals surface area (Å²) in [5.41, 5.74) is 0. The summed E-state index contributed by atoms with van der Waals surface area (Å²) in [6.45, 7) is 7.16. The van der Waals surface area contributed by atoms with Gasteiger partial charge < -0.3 is 18.9 Å². The van der Waals surface area contributed by atoms with Gasteiger partial charge in [-0.25, -0.2) is 0 Å². The van der Waals surface area contributed by atoms with Crippen molar-refractivity contribution in [3.63, 3.8) is 0 Å². The summed E-state index contributed by atoms with van der Waals surface area (Å²) in [5.74, 6) is 0.652. The molecule has 6 unspecified atom stereocenters. The van der Waals surface area contributed by atoms with E-state index in [9.17, 15) is 0 Å². The Morgan fingerprint density at radius 1 is 1.11 bits per heavy atom. The third-order valence-corrected chi connectivity index (χ3v) is 3.94. The number of rotatable bonds is 3. The van der Waals surface area contributed by atoms with Crippen LogP contribution in [0.15, 0.2) is 0 Å². The minimum Gasteiger partial charge on any atom is -0.379 e. The van der Waals surface area contributed by atoms with Crippen LogP contribution in [-0.2, 0) is 18.9 Å². The van der Waals surface area contributed by atoms with Gasteiger partial charge in [-0.1, -0.05) is 6.92 Å². The van der Waals surface area contributed by atoms with E-state index in [-0.39, 0.29) is 30.7 Å². The van der Waals surface area contributed by atoms with Crippen molar-refractivity contribution in [1.82, 2.24) is 0 Å². The molecule has 0 aromatic carbocycles. The van der Waals surface area contributed by atoms with Gasteiger partial charge in [0.05, 0.1) is 18.3 Å². The molecule has 0 bridgehead atoms. The fourth-order valence-electron chi connectivity index (χ4n) is 3.01. The van der Waals surface area contributed by atoms with Crippen LogP contribution >= 0.6 is 0 Å². The second-order valence-corrected chi connectivity index (χ2v) is 5.69. The summed E-state index contributed by atoms with van der Waals surface area (Å²) < 4.78 is 23.1. The van der Waals surface area contributed by atoms with Gasteiger partial charge in [0.2, 0.25) is 0 Å². The fourth-order valence-corrected chi connectivity index (χ4v) is 3.01. The highest BCUT2D eigenvalue weighted by molar-refractivity contribution is 4.82. The lowest BCUT2D eigenvalue weighted by Crippen LogP contribution is -2.49. The van der Waals surface area contributed by atoms with Gasteiger partial charge in [-0.05, 0) is 32.6 Å². The molecular weight excluding hydrogens is 232 g/mol. The summed E-state index contributed by atoms with van der Waals surface area (Å²) in [6, 6.07) is 0. The van der Waals surface area contributed by atoms with E-state index in [4.69, 9.17) is 18.9 Å².